The predicted molar refractivity (Wildman–Crippen MR) is 130 cm³/mol. The standard InChI is InChI=1S/C27H29BrO3/c1-2-3-4-5-6-7-20-30-25-16-10-21(11-17-25)22-12-18-26(19-13-22)31-27(29)23-8-14-24(28)15-9-23/h8-19H,2-7,20H2,1H3. The molecule has 0 heterocycles. The fourth-order valence-electron chi connectivity index (χ4n) is 3.28. The Morgan fingerprint density at radius 3 is 1.87 bits per heavy atom. The molecule has 4 heteroatoms. The van der Waals surface area contributed by atoms with Crippen molar-refractivity contribution in [3.05, 3.63) is 82.8 Å². The molecule has 0 N–H and O–H groups in total. The van der Waals surface area contributed by atoms with Gasteiger partial charge in [0.1, 0.15) is 11.5 Å². The van der Waals surface area contributed by atoms with Gasteiger partial charge < -0.3 is 9.47 Å². The summed E-state index contributed by atoms with van der Waals surface area (Å²) in [6.45, 7) is 3.01. The molecule has 0 spiro atoms. The molecular weight excluding hydrogens is 452 g/mol. The molecule has 3 rings (SSSR count). The van der Waals surface area contributed by atoms with Gasteiger partial charge in [-0.1, -0.05) is 79.2 Å². The van der Waals surface area contributed by atoms with Crippen LogP contribution in [-0.2, 0) is 0 Å². The number of halogens is 1. The molecule has 0 saturated carbocycles. The molecule has 3 aromatic carbocycles. The van der Waals surface area contributed by atoms with Gasteiger partial charge in [-0.3, -0.25) is 0 Å². The van der Waals surface area contributed by atoms with E-state index in [4.69, 9.17) is 9.47 Å². The van der Waals surface area contributed by atoms with Crippen LogP contribution < -0.4 is 9.47 Å². The van der Waals surface area contributed by atoms with E-state index in [1.807, 2.05) is 48.5 Å². The minimum absolute atomic E-state index is 0.368. The van der Waals surface area contributed by atoms with Gasteiger partial charge in [-0.25, -0.2) is 4.79 Å². The molecule has 31 heavy (non-hydrogen) atoms. The highest BCUT2D eigenvalue weighted by atomic mass is 79.9. The number of rotatable bonds is 11. The van der Waals surface area contributed by atoms with Gasteiger partial charge in [0.2, 0.25) is 0 Å². The van der Waals surface area contributed by atoms with Crippen molar-refractivity contribution in [3.63, 3.8) is 0 Å². The van der Waals surface area contributed by atoms with E-state index in [1.165, 1.54) is 32.1 Å². The summed E-state index contributed by atoms with van der Waals surface area (Å²) in [5.74, 6) is 1.06. The first-order valence-corrected chi connectivity index (χ1v) is 11.8. The van der Waals surface area contributed by atoms with Crippen molar-refractivity contribution in [3.8, 4) is 22.6 Å². The molecule has 0 unspecified atom stereocenters. The second-order valence-corrected chi connectivity index (χ2v) is 8.48. The molecule has 3 aromatic rings. The van der Waals surface area contributed by atoms with E-state index in [-0.39, 0.29) is 5.97 Å². The molecule has 0 aromatic heterocycles. The van der Waals surface area contributed by atoms with E-state index in [1.54, 1.807) is 12.1 Å². The molecule has 162 valence electrons. The summed E-state index contributed by atoms with van der Waals surface area (Å²) >= 11 is 3.36. The lowest BCUT2D eigenvalue weighted by Crippen LogP contribution is -2.08. The third-order valence-corrected chi connectivity index (χ3v) is 5.63. The fourth-order valence-corrected chi connectivity index (χ4v) is 3.55. The van der Waals surface area contributed by atoms with Crippen molar-refractivity contribution in [1.82, 2.24) is 0 Å². The smallest absolute Gasteiger partial charge is 0.343 e. The van der Waals surface area contributed by atoms with Gasteiger partial charge >= 0.3 is 5.97 Å². The monoisotopic (exact) mass is 480 g/mol. The van der Waals surface area contributed by atoms with Gasteiger partial charge in [0, 0.05) is 4.47 Å². The number of carbonyl (C=O) groups excluding carboxylic acids is 1. The average Bonchev–Trinajstić information content (AvgIpc) is 2.80. The Morgan fingerprint density at radius 1 is 0.710 bits per heavy atom. The number of carbonyl (C=O) groups is 1. The molecule has 0 bridgehead atoms. The van der Waals surface area contributed by atoms with Crippen molar-refractivity contribution in [1.29, 1.82) is 0 Å². The molecule has 0 amide bonds. The Morgan fingerprint density at radius 2 is 1.26 bits per heavy atom. The molecule has 0 saturated heterocycles. The summed E-state index contributed by atoms with van der Waals surface area (Å²) in [6.07, 6.45) is 7.57. The molecule has 0 fully saturated rings. The van der Waals surface area contributed by atoms with Crippen molar-refractivity contribution in [2.45, 2.75) is 45.4 Å². The zero-order chi connectivity index (χ0) is 21.9. The Balaban J connectivity index is 1.48. The Bertz CT molecular complexity index is 932. The van der Waals surface area contributed by atoms with Gasteiger partial charge in [-0.05, 0) is 66.1 Å². The predicted octanol–water partition coefficient (Wildman–Crippen LogP) is 8.07. The second kappa shape index (κ2) is 12.3. The first kappa shape index (κ1) is 23.1. The minimum atomic E-state index is -0.368. The largest absolute Gasteiger partial charge is 0.494 e. The van der Waals surface area contributed by atoms with Gasteiger partial charge in [0.15, 0.2) is 0 Å². The average molecular weight is 481 g/mol. The normalized spacial score (nSPS) is 10.6. The molecular formula is C27H29BrO3. The number of esters is 1. The Kier molecular flexibility index (Phi) is 9.16. The topological polar surface area (TPSA) is 35.5 Å². The second-order valence-electron chi connectivity index (χ2n) is 7.56. The number of ether oxygens (including phenoxy) is 2. The third-order valence-electron chi connectivity index (χ3n) is 5.10. The number of unbranched alkanes of at least 4 members (excludes halogenated alkanes) is 5. The zero-order valence-electron chi connectivity index (χ0n) is 18.0. The van der Waals surface area contributed by atoms with E-state index in [0.717, 1.165) is 34.4 Å². The summed E-state index contributed by atoms with van der Waals surface area (Å²) in [5.41, 5.74) is 2.67. The summed E-state index contributed by atoms with van der Waals surface area (Å²) < 4.78 is 12.2. The van der Waals surface area contributed by atoms with E-state index < -0.39 is 0 Å². The lowest BCUT2D eigenvalue weighted by Gasteiger charge is -2.09. The first-order valence-electron chi connectivity index (χ1n) is 11.0. The number of hydrogen-bond donors (Lipinski definition) is 0. The van der Waals surface area contributed by atoms with Gasteiger partial charge in [0.25, 0.3) is 0 Å². The molecule has 0 radical (unpaired) electrons. The molecule has 0 aliphatic rings. The summed E-state index contributed by atoms with van der Waals surface area (Å²) in [4.78, 5) is 12.2. The van der Waals surface area contributed by atoms with Crippen LogP contribution >= 0.6 is 15.9 Å². The van der Waals surface area contributed by atoms with Crippen LogP contribution in [0.15, 0.2) is 77.3 Å². The van der Waals surface area contributed by atoms with Gasteiger partial charge in [-0.2, -0.15) is 0 Å². The van der Waals surface area contributed by atoms with Crippen LogP contribution in [0.2, 0.25) is 0 Å². The van der Waals surface area contributed by atoms with Crippen LogP contribution in [0, 0.1) is 0 Å². The van der Waals surface area contributed by atoms with E-state index in [2.05, 4.69) is 35.0 Å². The van der Waals surface area contributed by atoms with Crippen LogP contribution in [0.4, 0.5) is 0 Å². The summed E-state index contributed by atoms with van der Waals surface area (Å²) in [7, 11) is 0. The SMILES string of the molecule is CCCCCCCCOc1ccc(-c2ccc(OC(=O)c3ccc(Br)cc3)cc2)cc1. The third kappa shape index (κ3) is 7.55. The Hall–Kier alpha value is -2.59. The highest BCUT2D eigenvalue weighted by molar-refractivity contribution is 9.10. The first-order chi connectivity index (χ1) is 15.2. The summed E-state index contributed by atoms with van der Waals surface area (Å²) in [5, 5.41) is 0. The van der Waals surface area contributed by atoms with Crippen molar-refractivity contribution < 1.29 is 14.3 Å². The highest BCUT2D eigenvalue weighted by Gasteiger charge is 2.08. The van der Waals surface area contributed by atoms with E-state index in [0.29, 0.717) is 11.3 Å². The van der Waals surface area contributed by atoms with E-state index in [9.17, 15) is 4.79 Å². The van der Waals surface area contributed by atoms with Crippen LogP contribution in [0.1, 0.15) is 55.8 Å². The van der Waals surface area contributed by atoms with Crippen LogP contribution in [0.5, 0.6) is 11.5 Å². The van der Waals surface area contributed by atoms with Crippen LogP contribution in [-0.4, -0.2) is 12.6 Å². The highest BCUT2D eigenvalue weighted by Crippen LogP contribution is 2.25. The van der Waals surface area contributed by atoms with Crippen molar-refractivity contribution in [2.24, 2.45) is 0 Å². The van der Waals surface area contributed by atoms with Crippen LogP contribution in [0.25, 0.3) is 11.1 Å². The van der Waals surface area contributed by atoms with Gasteiger partial charge in [0.05, 0.1) is 12.2 Å². The molecule has 3 nitrogen and oxygen atoms in total. The fraction of sp³-hybridized carbons (Fsp3) is 0.296. The van der Waals surface area contributed by atoms with Gasteiger partial charge in [-0.15, -0.1) is 0 Å². The minimum Gasteiger partial charge on any atom is -0.494 e. The van der Waals surface area contributed by atoms with E-state index >= 15 is 0 Å². The maximum Gasteiger partial charge on any atom is 0.343 e. The maximum absolute atomic E-state index is 12.2. The molecule has 0 aliphatic heterocycles. The lowest BCUT2D eigenvalue weighted by atomic mass is 10.1. The summed E-state index contributed by atoms with van der Waals surface area (Å²) in [6, 6.07) is 22.8. The Labute approximate surface area is 193 Å². The van der Waals surface area contributed by atoms with Crippen LogP contribution in [0.3, 0.4) is 0 Å². The zero-order valence-corrected chi connectivity index (χ0v) is 19.6. The molecule has 0 atom stereocenters. The lowest BCUT2D eigenvalue weighted by molar-refractivity contribution is 0.0735. The van der Waals surface area contributed by atoms with Crippen molar-refractivity contribution in [2.75, 3.05) is 6.61 Å². The maximum atomic E-state index is 12.2. The van der Waals surface area contributed by atoms with Crippen molar-refractivity contribution >= 4 is 21.9 Å². The number of benzene rings is 3. The number of hydrogen-bond acceptors (Lipinski definition) is 3. The molecule has 0 aliphatic carbocycles. The quantitative estimate of drug-likeness (QED) is 0.158.